The van der Waals surface area contributed by atoms with Gasteiger partial charge in [0.25, 0.3) is 5.91 Å². The fourth-order valence-electron chi connectivity index (χ4n) is 2.33. The van der Waals surface area contributed by atoms with Crippen LogP contribution >= 0.6 is 11.6 Å². The van der Waals surface area contributed by atoms with Crippen molar-refractivity contribution in [1.29, 1.82) is 0 Å². The van der Waals surface area contributed by atoms with Gasteiger partial charge in [0.15, 0.2) is 5.69 Å². The van der Waals surface area contributed by atoms with Gasteiger partial charge >= 0.3 is 0 Å². The molecule has 1 fully saturated rings. The first-order valence-electron chi connectivity index (χ1n) is 7.47. The second kappa shape index (κ2) is 7.39. The van der Waals surface area contributed by atoms with Gasteiger partial charge in [0, 0.05) is 23.9 Å². The number of rotatable bonds is 5. The van der Waals surface area contributed by atoms with Crippen LogP contribution in [0, 0.1) is 0 Å². The second-order valence-electron chi connectivity index (χ2n) is 5.28. The smallest absolute Gasteiger partial charge is 0.276 e. The molecule has 6 nitrogen and oxygen atoms in total. The molecule has 0 saturated carbocycles. The minimum absolute atomic E-state index is 0.225. The topological polar surface area (TPSA) is 76.1 Å². The van der Waals surface area contributed by atoms with Gasteiger partial charge in [0.1, 0.15) is 5.82 Å². The monoisotopic (exact) mass is 332 g/mol. The van der Waals surface area contributed by atoms with E-state index in [4.69, 9.17) is 16.3 Å². The largest absolute Gasteiger partial charge is 0.376 e. The summed E-state index contributed by atoms with van der Waals surface area (Å²) in [5.74, 6) is 0.297. The van der Waals surface area contributed by atoms with Crippen LogP contribution in [0.3, 0.4) is 0 Å². The lowest BCUT2D eigenvalue weighted by molar-refractivity contribution is 0.102. The third-order valence-corrected chi connectivity index (χ3v) is 3.75. The van der Waals surface area contributed by atoms with E-state index in [0.717, 1.165) is 19.4 Å². The lowest BCUT2D eigenvalue weighted by Crippen LogP contribution is -2.20. The Hall–Kier alpha value is -2.18. The number of carbonyl (C=O) groups excluding carboxylic acids is 1. The molecule has 1 amide bonds. The molecule has 120 valence electrons. The number of benzene rings is 1. The van der Waals surface area contributed by atoms with E-state index in [1.54, 1.807) is 36.4 Å². The number of anilines is 2. The van der Waals surface area contributed by atoms with E-state index in [1.165, 1.54) is 0 Å². The van der Waals surface area contributed by atoms with Crippen LogP contribution in [-0.2, 0) is 4.74 Å². The Labute approximate surface area is 139 Å². The summed E-state index contributed by atoms with van der Waals surface area (Å²) in [5, 5.41) is 14.4. The predicted octanol–water partition coefficient (Wildman–Crippen LogP) is 2.97. The number of nitrogens with zero attached hydrogens (tertiary/aromatic N) is 2. The Bertz CT molecular complexity index is 672. The molecule has 0 radical (unpaired) electrons. The summed E-state index contributed by atoms with van der Waals surface area (Å²) in [5.41, 5.74) is 0.859. The third kappa shape index (κ3) is 4.40. The molecule has 3 rings (SSSR count). The highest BCUT2D eigenvalue weighted by Crippen LogP contribution is 2.16. The number of hydrogen-bond donors (Lipinski definition) is 2. The average Bonchev–Trinajstić information content (AvgIpc) is 3.07. The number of nitrogens with one attached hydrogen (secondary N) is 2. The van der Waals surface area contributed by atoms with Crippen molar-refractivity contribution in [3.8, 4) is 0 Å². The fourth-order valence-corrected chi connectivity index (χ4v) is 2.52. The number of aromatic nitrogens is 2. The van der Waals surface area contributed by atoms with Gasteiger partial charge in [-0.05, 0) is 43.2 Å². The fraction of sp³-hybridized carbons (Fsp3) is 0.312. The molecule has 23 heavy (non-hydrogen) atoms. The molecule has 0 bridgehead atoms. The molecule has 1 atom stereocenters. The van der Waals surface area contributed by atoms with E-state index in [1.807, 2.05) is 0 Å². The van der Waals surface area contributed by atoms with Crippen molar-refractivity contribution in [2.75, 3.05) is 23.8 Å². The first-order valence-corrected chi connectivity index (χ1v) is 7.84. The lowest BCUT2D eigenvalue weighted by Gasteiger charge is -2.11. The van der Waals surface area contributed by atoms with Crippen LogP contribution in [0.25, 0.3) is 0 Å². The van der Waals surface area contributed by atoms with Crippen molar-refractivity contribution in [3.05, 3.63) is 47.1 Å². The molecule has 1 saturated heterocycles. The Kier molecular flexibility index (Phi) is 5.05. The van der Waals surface area contributed by atoms with Crippen molar-refractivity contribution in [1.82, 2.24) is 10.2 Å². The molecule has 1 aliphatic rings. The third-order valence-electron chi connectivity index (χ3n) is 3.51. The van der Waals surface area contributed by atoms with Crippen LogP contribution in [0.5, 0.6) is 0 Å². The maximum absolute atomic E-state index is 12.1. The van der Waals surface area contributed by atoms with Crippen LogP contribution in [0.1, 0.15) is 23.3 Å². The van der Waals surface area contributed by atoms with Gasteiger partial charge < -0.3 is 15.4 Å². The predicted molar refractivity (Wildman–Crippen MR) is 88.9 cm³/mol. The maximum Gasteiger partial charge on any atom is 0.276 e. The highest BCUT2D eigenvalue weighted by molar-refractivity contribution is 6.30. The van der Waals surface area contributed by atoms with Gasteiger partial charge in [0.05, 0.1) is 6.10 Å². The normalized spacial score (nSPS) is 17.0. The van der Waals surface area contributed by atoms with Crippen molar-refractivity contribution in [2.45, 2.75) is 18.9 Å². The van der Waals surface area contributed by atoms with Crippen LogP contribution in [0.4, 0.5) is 11.5 Å². The van der Waals surface area contributed by atoms with Gasteiger partial charge in [-0.3, -0.25) is 4.79 Å². The minimum atomic E-state index is -0.328. The van der Waals surface area contributed by atoms with Crippen molar-refractivity contribution in [3.63, 3.8) is 0 Å². The van der Waals surface area contributed by atoms with Crippen LogP contribution < -0.4 is 10.6 Å². The quantitative estimate of drug-likeness (QED) is 0.880. The first kappa shape index (κ1) is 15.7. The molecular weight excluding hydrogens is 316 g/mol. The summed E-state index contributed by atoms with van der Waals surface area (Å²) < 4.78 is 5.53. The number of halogens is 1. The lowest BCUT2D eigenvalue weighted by atomic mass is 10.2. The Balaban J connectivity index is 1.56. The number of carbonyl (C=O) groups is 1. The van der Waals surface area contributed by atoms with Gasteiger partial charge in [-0.2, -0.15) is 0 Å². The number of hydrogen-bond acceptors (Lipinski definition) is 5. The average molecular weight is 333 g/mol. The number of amides is 1. The van der Waals surface area contributed by atoms with Crippen LogP contribution in [0.15, 0.2) is 36.4 Å². The maximum atomic E-state index is 12.1. The van der Waals surface area contributed by atoms with E-state index >= 15 is 0 Å². The van der Waals surface area contributed by atoms with E-state index in [2.05, 4.69) is 20.8 Å². The van der Waals surface area contributed by atoms with Gasteiger partial charge in [-0.25, -0.2) is 0 Å². The number of ether oxygens (including phenoxy) is 1. The van der Waals surface area contributed by atoms with Crippen molar-refractivity contribution >= 4 is 29.0 Å². The van der Waals surface area contributed by atoms with Crippen molar-refractivity contribution < 1.29 is 9.53 Å². The van der Waals surface area contributed by atoms with E-state index in [0.29, 0.717) is 23.1 Å². The Morgan fingerprint density at radius 1 is 1.30 bits per heavy atom. The standard InChI is InChI=1S/C16H17ClN4O2/c17-11-3-1-4-12(9-11)19-16(22)14-6-7-15(21-20-14)18-10-13-5-2-8-23-13/h1,3-4,6-7,9,13H,2,5,8,10H2,(H,18,21)(H,19,22). The Morgan fingerprint density at radius 2 is 2.22 bits per heavy atom. The molecule has 1 unspecified atom stereocenters. The zero-order valence-corrected chi connectivity index (χ0v) is 13.2. The minimum Gasteiger partial charge on any atom is -0.376 e. The molecule has 1 aromatic heterocycles. The zero-order chi connectivity index (χ0) is 16.1. The molecular formula is C16H17ClN4O2. The molecule has 0 spiro atoms. The van der Waals surface area contributed by atoms with E-state index in [-0.39, 0.29) is 17.7 Å². The summed E-state index contributed by atoms with van der Waals surface area (Å²) in [4.78, 5) is 12.1. The van der Waals surface area contributed by atoms with Crippen molar-refractivity contribution in [2.24, 2.45) is 0 Å². The summed E-state index contributed by atoms with van der Waals surface area (Å²) in [7, 11) is 0. The molecule has 0 aliphatic carbocycles. The van der Waals surface area contributed by atoms with Gasteiger partial charge in [0.2, 0.25) is 0 Å². The van der Waals surface area contributed by atoms with Gasteiger partial charge in [-0.1, -0.05) is 17.7 Å². The molecule has 1 aliphatic heterocycles. The van der Waals surface area contributed by atoms with E-state index < -0.39 is 0 Å². The van der Waals surface area contributed by atoms with E-state index in [9.17, 15) is 4.79 Å². The van der Waals surface area contributed by atoms with Crippen LogP contribution in [0.2, 0.25) is 5.02 Å². The highest BCUT2D eigenvalue weighted by Gasteiger charge is 2.15. The summed E-state index contributed by atoms with van der Waals surface area (Å²) in [6, 6.07) is 10.3. The van der Waals surface area contributed by atoms with Crippen LogP contribution in [-0.4, -0.2) is 35.4 Å². The highest BCUT2D eigenvalue weighted by atomic mass is 35.5. The van der Waals surface area contributed by atoms with Gasteiger partial charge in [-0.15, -0.1) is 10.2 Å². The molecule has 2 aromatic rings. The second-order valence-corrected chi connectivity index (χ2v) is 5.72. The molecule has 2 N–H and O–H groups in total. The summed E-state index contributed by atoms with van der Waals surface area (Å²) in [6.45, 7) is 1.52. The molecule has 2 heterocycles. The molecule has 1 aromatic carbocycles. The summed E-state index contributed by atoms with van der Waals surface area (Å²) >= 11 is 5.89. The summed E-state index contributed by atoms with van der Waals surface area (Å²) in [6.07, 6.45) is 2.38. The first-order chi connectivity index (χ1) is 11.2. The molecule has 7 heteroatoms. The Morgan fingerprint density at radius 3 is 2.91 bits per heavy atom. The zero-order valence-electron chi connectivity index (χ0n) is 12.5. The SMILES string of the molecule is O=C(Nc1cccc(Cl)c1)c1ccc(NCC2CCCO2)nn1.